The Morgan fingerprint density at radius 1 is 0.545 bits per heavy atom. The third kappa shape index (κ3) is 17.3. The highest BCUT2D eigenvalue weighted by Crippen LogP contribution is 2.07. The lowest BCUT2D eigenvalue weighted by Crippen LogP contribution is -2.36. The molecule has 132 valence electrons. The van der Waals surface area contributed by atoms with Gasteiger partial charge < -0.3 is 10.6 Å². The van der Waals surface area contributed by atoms with E-state index in [9.17, 15) is 4.79 Å². The fourth-order valence-electron chi connectivity index (χ4n) is 2.63. The van der Waals surface area contributed by atoms with Crippen molar-refractivity contribution >= 4 is 6.03 Å². The van der Waals surface area contributed by atoms with E-state index in [4.69, 9.17) is 0 Å². The van der Waals surface area contributed by atoms with E-state index in [2.05, 4.69) is 24.5 Å². The Labute approximate surface area is 139 Å². The Kier molecular flexibility index (Phi) is 17.7. The van der Waals surface area contributed by atoms with E-state index in [1.807, 2.05) is 0 Å². The molecule has 0 spiro atoms. The number of carbonyl (C=O) groups is 1. The van der Waals surface area contributed by atoms with Crippen molar-refractivity contribution < 1.29 is 4.79 Å². The smallest absolute Gasteiger partial charge is 0.314 e. The van der Waals surface area contributed by atoms with Crippen LogP contribution in [0.15, 0.2) is 0 Å². The molecular weight excluding hydrogens is 272 g/mol. The van der Waals surface area contributed by atoms with Gasteiger partial charge >= 0.3 is 6.03 Å². The van der Waals surface area contributed by atoms with Gasteiger partial charge in [0.1, 0.15) is 0 Å². The molecule has 0 aromatic rings. The molecule has 22 heavy (non-hydrogen) atoms. The van der Waals surface area contributed by atoms with Crippen LogP contribution in [-0.2, 0) is 0 Å². The highest BCUT2D eigenvalue weighted by molar-refractivity contribution is 5.73. The van der Waals surface area contributed by atoms with Crippen molar-refractivity contribution in [3.63, 3.8) is 0 Å². The van der Waals surface area contributed by atoms with Crippen LogP contribution < -0.4 is 10.6 Å². The van der Waals surface area contributed by atoms with Crippen molar-refractivity contribution in [2.24, 2.45) is 0 Å². The second-order valence-corrected chi connectivity index (χ2v) is 6.43. The lowest BCUT2D eigenvalue weighted by Gasteiger charge is -2.07. The van der Waals surface area contributed by atoms with Gasteiger partial charge in [0.05, 0.1) is 0 Å². The molecule has 0 atom stereocenters. The zero-order valence-electron chi connectivity index (χ0n) is 15.2. The maximum absolute atomic E-state index is 11.6. The van der Waals surface area contributed by atoms with Crippen LogP contribution in [-0.4, -0.2) is 19.1 Å². The van der Waals surface area contributed by atoms with Gasteiger partial charge in [-0.1, -0.05) is 90.9 Å². The molecule has 0 heterocycles. The summed E-state index contributed by atoms with van der Waals surface area (Å²) in [5.41, 5.74) is 0. The molecule has 0 aliphatic carbocycles. The minimum Gasteiger partial charge on any atom is -0.338 e. The molecule has 0 saturated heterocycles. The number of nitrogens with one attached hydrogen (secondary N) is 2. The Balaban J connectivity index is 3.13. The zero-order valence-corrected chi connectivity index (χ0v) is 15.2. The van der Waals surface area contributed by atoms with Crippen LogP contribution in [0.4, 0.5) is 4.79 Å². The molecule has 0 aliphatic rings. The molecule has 0 aromatic carbocycles. The Bertz CT molecular complexity index is 209. The van der Waals surface area contributed by atoms with Crippen LogP contribution in [0.3, 0.4) is 0 Å². The number of urea groups is 1. The van der Waals surface area contributed by atoms with Crippen LogP contribution in [0.5, 0.6) is 0 Å². The minimum atomic E-state index is 0.0111. The topological polar surface area (TPSA) is 41.1 Å². The van der Waals surface area contributed by atoms with Crippen LogP contribution in [0.1, 0.15) is 104 Å². The van der Waals surface area contributed by atoms with Crippen molar-refractivity contribution in [3.05, 3.63) is 0 Å². The Morgan fingerprint density at radius 2 is 0.864 bits per heavy atom. The van der Waals surface area contributed by atoms with Crippen molar-refractivity contribution in [1.82, 2.24) is 10.6 Å². The quantitative estimate of drug-likeness (QED) is 0.348. The summed E-state index contributed by atoms with van der Waals surface area (Å²) in [6, 6.07) is 0.0111. The van der Waals surface area contributed by atoms with Gasteiger partial charge in [-0.2, -0.15) is 0 Å². The van der Waals surface area contributed by atoms with Crippen molar-refractivity contribution in [2.75, 3.05) is 13.1 Å². The number of unbranched alkanes of at least 4 members (excludes halogenated alkanes) is 12. The third-order valence-electron chi connectivity index (χ3n) is 4.13. The number of carbonyl (C=O) groups excluding carboxylic acids is 1. The maximum Gasteiger partial charge on any atom is 0.314 e. The minimum absolute atomic E-state index is 0.0111. The monoisotopic (exact) mass is 312 g/mol. The molecule has 0 bridgehead atoms. The number of hydrogen-bond donors (Lipinski definition) is 2. The average molecular weight is 313 g/mol. The van der Waals surface area contributed by atoms with E-state index in [0.29, 0.717) is 0 Å². The van der Waals surface area contributed by atoms with Crippen LogP contribution in [0, 0.1) is 0 Å². The van der Waals surface area contributed by atoms with Crippen LogP contribution in [0.25, 0.3) is 0 Å². The van der Waals surface area contributed by atoms with Crippen molar-refractivity contribution in [1.29, 1.82) is 0 Å². The molecule has 0 fully saturated rings. The second kappa shape index (κ2) is 18.3. The first-order valence-electron chi connectivity index (χ1n) is 9.83. The average Bonchev–Trinajstić information content (AvgIpc) is 2.52. The van der Waals surface area contributed by atoms with Gasteiger partial charge in [0.15, 0.2) is 0 Å². The van der Waals surface area contributed by atoms with Gasteiger partial charge in [0, 0.05) is 13.1 Å². The summed E-state index contributed by atoms with van der Waals surface area (Å²) >= 11 is 0. The summed E-state index contributed by atoms with van der Waals surface area (Å²) in [6.45, 7) is 6.12. The first-order chi connectivity index (χ1) is 10.8. The molecule has 2 N–H and O–H groups in total. The van der Waals surface area contributed by atoms with E-state index in [1.165, 1.54) is 77.0 Å². The summed E-state index contributed by atoms with van der Waals surface area (Å²) in [4.78, 5) is 11.6. The summed E-state index contributed by atoms with van der Waals surface area (Å²) in [6.07, 6.45) is 18.1. The second-order valence-electron chi connectivity index (χ2n) is 6.43. The maximum atomic E-state index is 11.6. The van der Waals surface area contributed by atoms with E-state index in [-0.39, 0.29) is 6.03 Å². The lowest BCUT2D eigenvalue weighted by atomic mass is 10.1. The largest absolute Gasteiger partial charge is 0.338 e. The first kappa shape index (κ1) is 21.3. The van der Waals surface area contributed by atoms with Crippen LogP contribution in [0.2, 0.25) is 0 Å². The normalized spacial score (nSPS) is 10.6. The summed E-state index contributed by atoms with van der Waals surface area (Å²) in [5, 5.41) is 5.91. The molecule has 3 nitrogen and oxygen atoms in total. The van der Waals surface area contributed by atoms with Gasteiger partial charge in [-0.25, -0.2) is 4.79 Å². The highest BCUT2D eigenvalue weighted by atomic mass is 16.2. The lowest BCUT2D eigenvalue weighted by molar-refractivity contribution is 0.240. The predicted octanol–water partition coefficient (Wildman–Crippen LogP) is 5.79. The third-order valence-corrected chi connectivity index (χ3v) is 4.13. The molecule has 3 heteroatoms. The van der Waals surface area contributed by atoms with Crippen molar-refractivity contribution in [3.8, 4) is 0 Å². The molecular formula is C19H40N2O. The van der Waals surface area contributed by atoms with Gasteiger partial charge in [-0.05, 0) is 12.8 Å². The van der Waals surface area contributed by atoms with Gasteiger partial charge in [-0.3, -0.25) is 0 Å². The van der Waals surface area contributed by atoms with Gasteiger partial charge in [-0.15, -0.1) is 0 Å². The Morgan fingerprint density at radius 3 is 1.23 bits per heavy atom. The van der Waals surface area contributed by atoms with Gasteiger partial charge in [0.2, 0.25) is 0 Å². The molecule has 0 unspecified atom stereocenters. The standard InChI is InChI=1S/C19H40N2O/c1-3-5-7-9-11-13-15-17-20-19(22)21-18-16-14-12-10-8-6-4-2/h3-18H2,1-2H3,(H2,20,21,22). The summed E-state index contributed by atoms with van der Waals surface area (Å²) in [5.74, 6) is 0. The van der Waals surface area contributed by atoms with Gasteiger partial charge in [0.25, 0.3) is 0 Å². The van der Waals surface area contributed by atoms with E-state index in [1.54, 1.807) is 0 Å². The number of amides is 2. The molecule has 0 saturated carbocycles. The molecule has 0 radical (unpaired) electrons. The van der Waals surface area contributed by atoms with Crippen molar-refractivity contribution in [2.45, 2.75) is 104 Å². The van der Waals surface area contributed by atoms with Crippen LogP contribution >= 0.6 is 0 Å². The van der Waals surface area contributed by atoms with E-state index in [0.717, 1.165) is 25.9 Å². The first-order valence-corrected chi connectivity index (χ1v) is 9.83. The molecule has 0 aromatic heterocycles. The molecule has 2 amide bonds. The predicted molar refractivity (Wildman–Crippen MR) is 97.4 cm³/mol. The molecule has 0 aliphatic heterocycles. The SMILES string of the molecule is CCCCCCCCCNC(=O)NCCCCCCCCC. The fraction of sp³-hybridized carbons (Fsp3) is 0.947. The van der Waals surface area contributed by atoms with E-state index < -0.39 is 0 Å². The number of hydrogen-bond acceptors (Lipinski definition) is 1. The highest BCUT2D eigenvalue weighted by Gasteiger charge is 1.98. The Hall–Kier alpha value is -0.730. The molecule has 0 rings (SSSR count). The fourth-order valence-corrected chi connectivity index (χ4v) is 2.63. The summed E-state index contributed by atoms with van der Waals surface area (Å²) in [7, 11) is 0. The summed E-state index contributed by atoms with van der Waals surface area (Å²) < 4.78 is 0. The number of rotatable bonds is 16. The zero-order chi connectivity index (χ0) is 16.3. The van der Waals surface area contributed by atoms with E-state index >= 15 is 0 Å².